The van der Waals surface area contributed by atoms with Crippen LogP contribution in [0, 0.1) is 11.7 Å². The van der Waals surface area contributed by atoms with E-state index in [9.17, 15) is 18.8 Å². The van der Waals surface area contributed by atoms with Gasteiger partial charge in [0.25, 0.3) is 0 Å². The fourth-order valence-electron chi connectivity index (χ4n) is 3.44. The number of aromatic nitrogens is 4. The maximum absolute atomic E-state index is 13.9. The third-order valence-electron chi connectivity index (χ3n) is 5.28. The van der Waals surface area contributed by atoms with E-state index in [-0.39, 0.29) is 17.9 Å². The number of hydrogen-bond donors (Lipinski definition) is 0. The highest BCUT2D eigenvalue weighted by molar-refractivity contribution is 6.05. The number of ether oxygens (including phenoxy) is 2. The molecule has 3 rings (SSSR count). The Bertz CT molecular complexity index is 1260. The standard InChI is InChI=1S/C25H29FN4O5/c1-6-29-20(15-34-14-17-10-8-7-9-11-17)28-30(24(29)33)25(4,5)35-23(32)19-12-18(26)13-27-21(19)22(31)16(2)3/h7-13,16H,6,14-15H2,1-5H3. The van der Waals surface area contributed by atoms with Gasteiger partial charge in [0.1, 0.15) is 18.1 Å². The number of esters is 1. The molecule has 0 aliphatic heterocycles. The van der Waals surface area contributed by atoms with Gasteiger partial charge < -0.3 is 9.47 Å². The summed E-state index contributed by atoms with van der Waals surface area (Å²) in [6.07, 6.45) is 0.868. The smallest absolute Gasteiger partial charge is 0.349 e. The zero-order chi connectivity index (χ0) is 25.8. The zero-order valence-electron chi connectivity index (χ0n) is 20.4. The quantitative estimate of drug-likeness (QED) is 0.319. The van der Waals surface area contributed by atoms with Crippen molar-refractivity contribution in [2.24, 2.45) is 5.92 Å². The lowest BCUT2D eigenvalue weighted by Gasteiger charge is -2.24. The molecule has 10 heteroatoms. The first-order chi connectivity index (χ1) is 16.5. The van der Waals surface area contributed by atoms with Gasteiger partial charge in [0.05, 0.1) is 18.4 Å². The van der Waals surface area contributed by atoms with E-state index >= 15 is 0 Å². The fourth-order valence-corrected chi connectivity index (χ4v) is 3.44. The molecule has 3 aromatic rings. The van der Waals surface area contributed by atoms with E-state index in [1.54, 1.807) is 20.8 Å². The van der Waals surface area contributed by atoms with Gasteiger partial charge in [-0.1, -0.05) is 44.2 Å². The molecule has 0 saturated carbocycles. The monoisotopic (exact) mass is 484 g/mol. The summed E-state index contributed by atoms with van der Waals surface area (Å²) in [5.41, 5.74) is -1.58. The molecule has 0 aliphatic carbocycles. The molecule has 0 aliphatic rings. The van der Waals surface area contributed by atoms with E-state index < -0.39 is 34.9 Å². The van der Waals surface area contributed by atoms with E-state index in [4.69, 9.17) is 9.47 Å². The summed E-state index contributed by atoms with van der Waals surface area (Å²) in [6.45, 7) is 8.76. The Morgan fingerprint density at radius 3 is 2.46 bits per heavy atom. The van der Waals surface area contributed by atoms with Gasteiger partial charge in [-0.25, -0.2) is 19.0 Å². The number of benzene rings is 1. The molecule has 0 saturated heterocycles. The second kappa shape index (κ2) is 10.7. The topological polar surface area (TPSA) is 105 Å². The summed E-state index contributed by atoms with van der Waals surface area (Å²) in [6, 6.07) is 10.5. The number of hydrogen-bond acceptors (Lipinski definition) is 7. The van der Waals surface area contributed by atoms with Crippen LogP contribution < -0.4 is 5.69 Å². The van der Waals surface area contributed by atoms with E-state index in [0.29, 0.717) is 19.0 Å². The van der Waals surface area contributed by atoms with Crippen molar-refractivity contribution in [1.29, 1.82) is 0 Å². The molecule has 1 aromatic carbocycles. The minimum Gasteiger partial charge on any atom is -0.434 e. The molecule has 9 nitrogen and oxygen atoms in total. The molecular formula is C25H29FN4O5. The summed E-state index contributed by atoms with van der Waals surface area (Å²) in [7, 11) is 0. The summed E-state index contributed by atoms with van der Waals surface area (Å²) in [4.78, 5) is 42.3. The fraction of sp³-hybridized carbons (Fsp3) is 0.400. The third kappa shape index (κ3) is 5.89. The number of nitrogens with zero attached hydrogens (tertiary/aromatic N) is 4. The first-order valence-electron chi connectivity index (χ1n) is 11.3. The van der Waals surface area contributed by atoms with Crippen LogP contribution in [-0.4, -0.2) is 31.1 Å². The van der Waals surface area contributed by atoms with Crippen molar-refractivity contribution in [1.82, 2.24) is 19.3 Å². The summed E-state index contributed by atoms with van der Waals surface area (Å²) < 4.78 is 27.6. The predicted octanol–water partition coefficient (Wildman–Crippen LogP) is 3.70. The maximum atomic E-state index is 13.9. The van der Waals surface area contributed by atoms with Crippen LogP contribution in [0.2, 0.25) is 0 Å². The van der Waals surface area contributed by atoms with Gasteiger partial charge in [-0.05, 0) is 32.4 Å². The number of halogens is 1. The van der Waals surface area contributed by atoms with Crippen LogP contribution in [0.5, 0.6) is 0 Å². The summed E-state index contributed by atoms with van der Waals surface area (Å²) in [5.74, 6) is -2.32. The molecular weight excluding hydrogens is 455 g/mol. The normalized spacial score (nSPS) is 11.6. The van der Waals surface area contributed by atoms with Crippen LogP contribution in [0.15, 0.2) is 47.4 Å². The zero-order valence-corrected chi connectivity index (χ0v) is 20.4. The molecule has 0 spiro atoms. The van der Waals surface area contributed by atoms with Crippen LogP contribution in [0.1, 0.15) is 66.9 Å². The molecule has 0 radical (unpaired) electrons. The van der Waals surface area contributed by atoms with Crippen molar-refractivity contribution in [3.63, 3.8) is 0 Å². The predicted molar refractivity (Wildman–Crippen MR) is 125 cm³/mol. The molecule has 0 amide bonds. The van der Waals surface area contributed by atoms with Crippen LogP contribution in [0.4, 0.5) is 4.39 Å². The molecule has 35 heavy (non-hydrogen) atoms. The maximum Gasteiger partial charge on any atom is 0.349 e. The number of ketones is 1. The number of carbonyl (C=O) groups excluding carboxylic acids is 2. The third-order valence-corrected chi connectivity index (χ3v) is 5.28. The molecule has 0 N–H and O–H groups in total. The number of carbonyl (C=O) groups is 2. The van der Waals surface area contributed by atoms with Crippen LogP contribution in [-0.2, 0) is 35.0 Å². The second-order valence-corrected chi connectivity index (χ2v) is 8.74. The van der Waals surface area contributed by atoms with Crippen molar-refractivity contribution < 1.29 is 23.5 Å². The largest absolute Gasteiger partial charge is 0.434 e. The summed E-state index contributed by atoms with van der Waals surface area (Å²) >= 11 is 0. The highest BCUT2D eigenvalue weighted by atomic mass is 19.1. The molecule has 0 unspecified atom stereocenters. The Labute approximate surface area is 202 Å². The van der Waals surface area contributed by atoms with Crippen LogP contribution in [0.25, 0.3) is 0 Å². The molecule has 0 atom stereocenters. The Balaban J connectivity index is 1.84. The lowest BCUT2D eigenvalue weighted by molar-refractivity contribution is -0.0519. The van der Waals surface area contributed by atoms with E-state index in [1.807, 2.05) is 30.3 Å². The van der Waals surface area contributed by atoms with Crippen molar-refractivity contribution >= 4 is 11.8 Å². The van der Waals surface area contributed by atoms with Gasteiger partial charge in [-0.2, -0.15) is 4.68 Å². The van der Waals surface area contributed by atoms with Crippen LogP contribution >= 0.6 is 0 Å². The molecule has 0 bridgehead atoms. The van der Waals surface area contributed by atoms with Gasteiger partial charge in [-0.15, -0.1) is 5.10 Å². The Morgan fingerprint density at radius 2 is 1.83 bits per heavy atom. The molecule has 2 aromatic heterocycles. The van der Waals surface area contributed by atoms with E-state index in [2.05, 4.69) is 10.1 Å². The van der Waals surface area contributed by atoms with Crippen molar-refractivity contribution in [2.45, 2.75) is 60.1 Å². The lowest BCUT2D eigenvalue weighted by atomic mass is 10.0. The average Bonchev–Trinajstić information content (AvgIpc) is 3.14. The Morgan fingerprint density at radius 1 is 1.14 bits per heavy atom. The van der Waals surface area contributed by atoms with Gasteiger partial charge in [0, 0.05) is 12.5 Å². The Hall–Kier alpha value is -3.66. The van der Waals surface area contributed by atoms with Crippen molar-refractivity contribution in [3.8, 4) is 0 Å². The van der Waals surface area contributed by atoms with E-state index in [1.165, 1.54) is 18.4 Å². The second-order valence-electron chi connectivity index (χ2n) is 8.74. The highest BCUT2D eigenvalue weighted by Gasteiger charge is 2.33. The first-order valence-corrected chi connectivity index (χ1v) is 11.3. The van der Waals surface area contributed by atoms with Gasteiger partial charge in [0.2, 0.25) is 5.72 Å². The minimum atomic E-state index is -1.55. The van der Waals surface area contributed by atoms with Gasteiger partial charge in [-0.3, -0.25) is 9.36 Å². The number of pyridine rings is 1. The Kier molecular flexibility index (Phi) is 7.96. The molecule has 2 heterocycles. The SMILES string of the molecule is CCn1c(COCc2ccccc2)nn(C(C)(C)OC(=O)c2cc(F)cnc2C(=O)C(C)C)c1=O. The first kappa shape index (κ1) is 26.0. The number of rotatable bonds is 10. The summed E-state index contributed by atoms with van der Waals surface area (Å²) in [5, 5.41) is 4.34. The minimum absolute atomic E-state index is 0.0653. The van der Waals surface area contributed by atoms with Crippen molar-refractivity contribution in [3.05, 3.63) is 81.5 Å². The van der Waals surface area contributed by atoms with E-state index in [0.717, 1.165) is 22.5 Å². The molecule has 186 valence electrons. The van der Waals surface area contributed by atoms with Crippen molar-refractivity contribution in [2.75, 3.05) is 0 Å². The average molecular weight is 485 g/mol. The molecule has 0 fully saturated rings. The number of Topliss-reactive ketones (excluding diaryl/α,β-unsaturated/α-hetero) is 1. The van der Waals surface area contributed by atoms with Crippen LogP contribution in [0.3, 0.4) is 0 Å². The lowest BCUT2D eigenvalue weighted by Crippen LogP contribution is -2.41. The van der Waals surface area contributed by atoms with Gasteiger partial charge >= 0.3 is 11.7 Å². The highest BCUT2D eigenvalue weighted by Crippen LogP contribution is 2.21. The van der Waals surface area contributed by atoms with Gasteiger partial charge in [0.15, 0.2) is 11.6 Å².